The maximum Gasteiger partial charge on any atom is 0.256 e. The maximum absolute atomic E-state index is 13.1. The van der Waals surface area contributed by atoms with Gasteiger partial charge in [-0.25, -0.2) is 0 Å². The van der Waals surface area contributed by atoms with Crippen molar-refractivity contribution >= 4 is 23.4 Å². The zero-order valence-corrected chi connectivity index (χ0v) is 16.9. The quantitative estimate of drug-likeness (QED) is 0.789. The van der Waals surface area contributed by atoms with E-state index >= 15 is 0 Å². The summed E-state index contributed by atoms with van der Waals surface area (Å²) in [6, 6.07) is 7.63. The van der Waals surface area contributed by atoms with Crippen molar-refractivity contribution in [3.63, 3.8) is 0 Å². The molecule has 8 heteroatoms. The van der Waals surface area contributed by atoms with Crippen molar-refractivity contribution in [2.45, 2.75) is 74.9 Å². The Kier molecular flexibility index (Phi) is 4.77. The summed E-state index contributed by atoms with van der Waals surface area (Å²) in [5.41, 5.74) is 0.736. The van der Waals surface area contributed by atoms with E-state index in [0.29, 0.717) is 0 Å². The Morgan fingerprint density at radius 1 is 0.963 bits per heavy atom. The largest absolute Gasteiger partial charge is 0.342 e. The highest BCUT2D eigenvalue weighted by molar-refractivity contribution is 7.98. The summed E-state index contributed by atoms with van der Waals surface area (Å²) in [6.07, 6.45) is -1.08. The van der Waals surface area contributed by atoms with E-state index in [2.05, 4.69) is 5.32 Å². The number of carbonyl (C=O) groups is 1. The van der Waals surface area contributed by atoms with Crippen molar-refractivity contribution in [3.8, 4) is 0 Å². The normalized spacial score (nSPS) is 36.1. The zero-order chi connectivity index (χ0) is 19.4. The number of carbonyl (C=O) groups excluding carboxylic acids is 1. The number of rotatable bonds is 3. The molecule has 5 atom stereocenters. The second-order valence-electron chi connectivity index (χ2n) is 7.78. The van der Waals surface area contributed by atoms with Crippen LogP contribution in [-0.4, -0.2) is 54.4 Å². The van der Waals surface area contributed by atoms with Crippen LogP contribution in [0.2, 0.25) is 0 Å². The number of fused-ring (bicyclic) bond motifs is 3. The first kappa shape index (κ1) is 19.2. The van der Waals surface area contributed by atoms with Crippen LogP contribution in [0.5, 0.6) is 0 Å². The van der Waals surface area contributed by atoms with Gasteiger partial charge in [-0.3, -0.25) is 4.79 Å². The summed E-state index contributed by atoms with van der Waals surface area (Å²) >= 11 is 1.56. The van der Waals surface area contributed by atoms with Crippen molar-refractivity contribution in [2.24, 2.45) is 0 Å². The average molecular weight is 395 g/mol. The minimum atomic E-state index is -0.870. The number of thioether (sulfide) groups is 1. The van der Waals surface area contributed by atoms with E-state index < -0.39 is 42.3 Å². The van der Waals surface area contributed by atoms with Crippen molar-refractivity contribution < 1.29 is 28.5 Å². The molecule has 4 rings (SSSR count). The third-order valence-corrected chi connectivity index (χ3v) is 5.57. The fraction of sp³-hybridized carbons (Fsp3) is 0.632. The van der Waals surface area contributed by atoms with Crippen LogP contribution < -0.4 is 5.32 Å². The van der Waals surface area contributed by atoms with Crippen LogP contribution in [-0.2, 0) is 28.5 Å². The molecule has 3 aliphatic rings. The molecule has 1 N–H and O–H groups in total. The molecule has 3 heterocycles. The van der Waals surface area contributed by atoms with Gasteiger partial charge in [-0.15, -0.1) is 11.8 Å². The lowest BCUT2D eigenvalue weighted by molar-refractivity contribution is -0.229. The minimum absolute atomic E-state index is 0.292. The second kappa shape index (κ2) is 6.72. The number of amides is 1. The summed E-state index contributed by atoms with van der Waals surface area (Å²) < 4.78 is 29.8. The zero-order valence-electron chi connectivity index (χ0n) is 16.1. The molecule has 3 aliphatic heterocycles. The van der Waals surface area contributed by atoms with Gasteiger partial charge in [-0.2, -0.15) is 0 Å². The molecular formula is C19H25NO6S. The fourth-order valence-corrected chi connectivity index (χ4v) is 4.33. The molecule has 1 amide bonds. The number of hydrogen-bond acceptors (Lipinski definition) is 7. The van der Waals surface area contributed by atoms with E-state index in [1.807, 2.05) is 58.2 Å². The molecule has 148 valence electrons. The van der Waals surface area contributed by atoms with Gasteiger partial charge in [0.25, 0.3) is 5.91 Å². The molecule has 1 aromatic rings. The number of ether oxygens (including phenoxy) is 5. The number of benzene rings is 1. The molecule has 1 aromatic carbocycles. The Hall–Kier alpha value is -1.16. The fourth-order valence-electron chi connectivity index (χ4n) is 3.78. The van der Waals surface area contributed by atoms with Crippen LogP contribution >= 0.6 is 11.8 Å². The molecule has 0 radical (unpaired) electrons. The van der Waals surface area contributed by atoms with Crippen LogP contribution in [0.4, 0.5) is 5.69 Å². The monoisotopic (exact) mass is 395 g/mol. The molecule has 27 heavy (non-hydrogen) atoms. The molecule has 0 unspecified atom stereocenters. The summed E-state index contributed by atoms with van der Waals surface area (Å²) in [6.45, 7) is 7.27. The van der Waals surface area contributed by atoms with E-state index in [-0.39, 0.29) is 5.91 Å². The van der Waals surface area contributed by atoms with Crippen molar-refractivity contribution in [1.29, 1.82) is 0 Å². The van der Waals surface area contributed by atoms with Gasteiger partial charge in [0.2, 0.25) is 0 Å². The highest BCUT2D eigenvalue weighted by Gasteiger charge is 2.62. The molecule has 7 nitrogen and oxygen atoms in total. The van der Waals surface area contributed by atoms with E-state index in [4.69, 9.17) is 23.7 Å². The summed E-state index contributed by atoms with van der Waals surface area (Å²) in [5.74, 6) is -1.94. The highest BCUT2D eigenvalue weighted by Crippen LogP contribution is 2.44. The minimum Gasteiger partial charge on any atom is -0.342 e. The lowest BCUT2D eigenvalue weighted by Gasteiger charge is -2.36. The van der Waals surface area contributed by atoms with Crippen molar-refractivity contribution in [2.75, 3.05) is 11.6 Å². The molecular weight excluding hydrogens is 370 g/mol. The van der Waals surface area contributed by atoms with Crippen LogP contribution in [0.15, 0.2) is 29.2 Å². The Morgan fingerprint density at radius 3 is 2.33 bits per heavy atom. The number of hydrogen-bond donors (Lipinski definition) is 1. The van der Waals surface area contributed by atoms with Gasteiger partial charge in [0.15, 0.2) is 24.0 Å². The smallest absolute Gasteiger partial charge is 0.256 e. The third-order valence-electron chi connectivity index (χ3n) is 4.78. The SMILES string of the molecule is CSc1ccccc1NC(=O)[C@H]1O[C@@H]2OC(C)(C)O[C@@H]2[C@H]2OC(C)(C)O[C@H]21. The number of nitrogens with one attached hydrogen (secondary N) is 1. The van der Waals surface area contributed by atoms with Crippen molar-refractivity contribution in [3.05, 3.63) is 24.3 Å². The lowest BCUT2D eigenvalue weighted by Crippen LogP contribution is -2.58. The molecule has 0 spiro atoms. The van der Waals surface area contributed by atoms with E-state index in [1.165, 1.54) is 0 Å². The lowest BCUT2D eigenvalue weighted by atomic mass is 9.98. The first-order valence-corrected chi connectivity index (χ1v) is 10.2. The van der Waals surface area contributed by atoms with E-state index in [0.717, 1.165) is 10.6 Å². The van der Waals surface area contributed by atoms with Crippen LogP contribution in [0.1, 0.15) is 27.7 Å². The maximum atomic E-state index is 13.1. The molecule has 3 fully saturated rings. The van der Waals surface area contributed by atoms with Crippen LogP contribution in [0, 0.1) is 0 Å². The van der Waals surface area contributed by atoms with Gasteiger partial charge in [0.1, 0.15) is 18.3 Å². The van der Waals surface area contributed by atoms with Crippen molar-refractivity contribution in [1.82, 2.24) is 0 Å². The number of anilines is 1. The third kappa shape index (κ3) is 3.62. The molecule has 0 aromatic heterocycles. The first-order chi connectivity index (χ1) is 12.7. The topological polar surface area (TPSA) is 75.3 Å². The van der Waals surface area contributed by atoms with Gasteiger partial charge in [-0.1, -0.05) is 12.1 Å². The summed E-state index contributed by atoms with van der Waals surface area (Å²) in [4.78, 5) is 14.0. The Morgan fingerprint density at radius 2 is 1.59 bits per heavy atom. The molecule has 0 aliphatic carbocycles. The van der Waals surface area contributed by atoms with Crippen LogP contribution in [0.25, 0.3) is 0 Å². The van der Waals surface area contributed by atoms with E-state index in [1.54, 1.807) is 11.8 Å². The first-order valence-electron chi connectivity index (χ1n) is 9.00. The Balaban J connectivity index is 1.59. The van der Waals surface area contributed by atoms with Gasteiger partial charge in [0.05, 0.1) is 5.69 Å². The summed E-state index contributed by atoms with van der Waals surface area (Å²) in [5, 5.41) is 2.96. The van der Waals surface area contributed by atoms with Gasteiger partial charge < -0.3 is 29.0 Å². The summed E-state index contributed by atoms with van der Waals surface area (Å²) in [7, 11) is 0. The average Bonchev–Trinajstić information content (AvgIpc) is 3.08. The van der Waals surface area contributed by atoms with Gasteiger partial charge in [0, 0.05) is 4.90 Å². The van der Waals surface area contributed by atoms with Gasteiger partial charge in [-0.05, 0) is 46.1 Å². The second-order valence-corrected chi connectivity index (χ2v) is 8.63. The molecule has 0 saturated carbocycles. The van der Waals surface area contributed by atoms with Gasteiger partial charge >= 0.3 is 0 Å². The molecule has 0 bridgehead atoms. The van der Waals surface area contributed by atoms with Crippen LogP contribution in [0.3, 0.4) is 0 Å². The Bertz CT molecular complexity index is 739. The predicted molar refractivity (Wildman–Crippen MR) is 99.4 cm³/mol. The highest BCUT2D eigenvalue weighted by atomic mass is 32.2. The number of para-hydroxylation sites is 1. The molecule has 3 saturated heterocycles. The van der Waals surface area contributed by atoms with E-state index in [9.17, 15) is 4.79 Å². The standard InChI is InChI=1S/C19H25NO6S/c1-18(2)23-12-13(24-18)15-17(26-19(3,4)25-15)22-14(12)16(21)20-10-8-6-7-9-11(10)27-5/h6-9,12-15,17H,1-5H3,(H,20,21)/t12-,13+,14+,15-,17-/m1/s1. The predicted octanol–water partition coefficient (Wildman–Crippen LogP) is 2.74. The Labute approximate surface area is 163 Å².